The van der Waals surface area contributed by atoms with Gasteiger partial charge in [-0.15, -0.1) is 0 Å². The average molecular weight is 232 g/mol. The lowest BCUT2D eigenvalue weighted by molar-refractivity contribution is -0.161. The molecule has 0 saturated carbocycles. The van der Waals surface area contributed by atoms with Crippen molar-refractivity contribution >= 4 is 0 Å². The Balaban J connectivity index is 2.71. The van der Waals surface area contributed by atoms with E-state index in [2.05, 4.69) is 0 Å². The van der Waals surface area contributed by atoms with Gasteiger partial charge in [-0.25, -0.2) is 0 Å². The van der Waals surface area contributed by atoms with Crippen molar-refractivity contribution in [2.75, 3.05) is 6.61 Å². The van der Waals surface area contributed by atoms with Crippen LogP contribution in [-0.4, -0.2) is 12.8 Å². The predicted octanol–water partition coefficient (Wildman–Crippen LogP) is 4.11. The van der Waals surface area contributed by atoms with Crippen LogP contribution >= 0.6 is 0 Å². The summed E-state index contributed by atoms with van der Waals surface area (Å²) in [7, 11) is 0. The van der Waals surface area contributed by atoms with Crippen molar-refractivity contribution in [1.29, 1.82) is 0 Å². The maximum atomic E-state index is 12.3. The molecule has 0 aliphatic heterocycles. The van der Waals surface area contributed by atoms with Crippen molar-refractivity contribution in [2.45, 2.75) is 32.0 Å². The molecule has 1 aromatic carbocycles. The molecule has 0 spiro atoms. The van der Waals surface area contributed by atoms with Gasteiger partial charge in [0, 0.05) is 6.61 Å². The number of hydrogen-bond acceptors (Lipinski definition) is 1. The van der Waals surface area contributed by atoms with E-state index in [1.165, 1.54) is 0 Å². The summed E-state index contributed by atoms with van der Waals surface area (Å²) < 4.78 is 42.2. The molecule has 0 unspecified atom stereocenters. The highest BCUT2D eigenvalue weighted by molar-refractivity contribution is 5.17. The molecule has 0 aromatic heterocycles. The van der Waals surface area contributed by atoms with Gasteiger partial charge >= 0.3 is 6.18 Å². The highest BCUT2D eigenvalue weighted by Crippen LogP contribution is 2.31. The van der Waals surface area contributed by atoms with E-state index in [1.54, 1.807) is 30.3 Å². The van der Waals surface area contributed by atoms with Crippen LogP contribution in [0.25, 0.3) is 0 Å². The van der Waals surface area contributed by atoms with E-state index in [-0.39, 0.29) is 0 Å². The quantitative estimate of drug-likeness (QED) is 0.742. The molecule has 16 heavy (non-hydrogen) atoms. The van der Waals surface area contributed by atoms with Crippen LogP contribution < -0.4 is 0 Å². The third-order valence-corrected chi connectivity index (χ3v) is 2.11. The van der Waals surface area contributed by atoms with Crippen LogP contribution in [0.5, 0.6) is 0 Å². The van der Waals surface area contributed by atoms with Gasteiger partial charge in [0.15, 0.2) is 0 Å². The zero-order valence-corrected chi connectivity index (χ0v) is 9.13. The second-order valence-corrected chi connectivity index (χ2v) is 3.59. The van der Waals surface area contributed by atoms with Crippen LogP contribution in [0.3, 0.4) is 0 Å². The first kappa shape index (κ1) is 13.0. The molecule has 1 rings (SSSR count). The highest BCUT2D eigenvalue weighted by atomic mass is 19.4. The van der Waals surface area contributed by atoms with Crippen LogP contribution in [-0.2, 0) is 4.74 Å². The first-order chi connectivity index (χ1) is 7.53. The van der Waals surface area contributed by atoms with Crippen LogP contribution in [0.15, 0.2) is 30.3 Å². The topological polar surface area (TPSA) is 9.23 Å². The molecule has 0 heterocycles. The summed E-state index contributed by atoms with van der Waals surface area (Å²) in [5.41, 5.74) is 0.577. The van der Waals surface area contributed by atoms with Gasteiger partial charge in [0.05, 0.1) is 12.5 Å². The summed E-state index contributed by atoms with van der Waals surface area (Å²) in [4.78, 5) is 0. The Kier molecular flexibility index (Phi) is 4.80. The fraction of sp³-hybridized carbons (Fsp3) is 0.500. The maximum absolute atomic E-state index is 12.3. The molecule has 0 fully saturated rings. The van der Waals surface area contributed by atoms with Gasteiger partial charge in [-0.05, 0) is 12.0 Å². The maximum Gasteiger partial charge on any atom is 0.391 e. The largest absolute Gasteiger partial charge is 0.391 e. The molecule has 1 nitrogen and oxygen atoms in total. The smallest absolute Gasteiger partial charge is 0.373 e. The van der Waals surface area contributed by atoms with Crippen molar-refractivity contribution in [2.24, 2.45) is 0 Å². The molecule has 0 radical (unpaired) electrons. The fourth-order valence-electron chi connectivity index (χ4n) is 1.41. The molecule has 0 N–H and O–H groups in total. The Morgan fingerprint density at radius 1 is 1.19 bits per heavy atom. The predicted molar refractivity (Wildman–Crippen MR) is 56.1 cm³/mol. The number of halogens is 3. The van der Waals surface area contributed by atoms with Crippen molar-refractivity contribution in [3.05, 3.63) is 35.9 Å². The van der Waals surface area contributed by atoms with Gasteiger partial charge in [0.1, 0.15) is 0 Å². The summed E-state index contributed by atoms with van der Waals surface area (Å²) in [5.74, 6) is 0. The fourth-order valence-corrected chi connectivity index (χ4v) is 1.41. The lowest BCUT2D eigenvalue weighted by Gasteiger charge is -2.19. The second-order valence-electron chi connectivity index (χ2n) is 3.59. The lowest BCUT2D eigenvalue weighted by Crippen LogP contribution is -2.16. The molecule has 4 heteroatoms. The Morgan fingerprint density at radius 2 is 1.81 bits per heavy atom. The van der Waals surface area contributed by atoms with E-state index >= 15 is 0 Å². The van der Waals surface area contributed by atoms with E-state index < -0.39 is 18.7 Å². The third-order valence-electron chi connectivity index (χ3n) is 2.11. The zero-order valence-electron chi connectivity index (χ0n) is 9.13. The van der Waals surface area contributed by atoms with Crippen molar-refractivity contribution in [1.82, 2.24) is 0 Å². The number of ether oxygens (including phenoxy) is 1. The molecule has 0 bridgehead atoms. The SMILES string of the molecule is CCCO[C@H](CC(F)(F)F)c1ccccc1. The van der Waals surface area contributed by atoms with E-state index in [9.17, 15) is 13.2 Å². The highest BCUT2D eigenvalue weighted by Gasteiger charge is 2.33. The van der Waals surface area contributed by atoms with Crippen LogP contribution in [0.4, 0.5) is 13.2 Å². The van der Waals surface area contributed by atoms with Crippen LogP contribution in [0.1, 0.15) is 31.4 Å². The Hall–Kier alpha value is -1.03. The lowest BCUT2D eigenvalue weighted by atomic mass is 10.1. The Morgan fingerprint density at radius 3 is 2.31 bits per heavy atom. The second kappa shape index (κ2) is 5.89. The van der Waals surface area contributed by atoms with E-state index in [0.29, 0.717) is 18.6 Å². The van der Waals surface area contributed by atoms with Crippen molar-refractivity contribution in [3.8, 4) is 0 Å². The molecule has 0 aliphatic carbocycles. The average Bonchev–Trinajstić information content (AvgIpc) is 2.24. The van der Waals surface area contributed by atoms with Gasteiger partial charge in [-0.3, -0.25) is 0 Å². The van der Waals surface area contributed by atoms with Crippen molar-refractivity contribution in [3.63, 3.8) is 0 Å². The van der Waals surface area contributed by atoms with Gasteiger partial charge in [0.2, 0.25) is 0 Å². The van der Waals surface area contributed by atoms with E-state index in [1.807, 2.05) is 6.92 Å². The summed E-state index contributed by atoms with van der Waals surface area (Å²) in [6, 6.07) is 8.52. The minimum absolute atomic E-state index is 0.343. The Labute approximate surface area is 93.2 Å². The summed E-state index contributed by atoms with van der Waals surface area (Å²) in [5, 5.41) is 0. The minimum Gasteiger partial charge on any atom is -0.373 e. The molecule has 0 amide bonds. The van der Waals surface area contributed by atoms with E-state index in [0.717, 1.165) is 0 Å². The van der Waals surface area contributed by atoms with Crippen LogP contribution in [0, 0.1) is 0 Å². The normalized spacial score (nSPS) is 13.8. The number of hydrogen-bond donors (Lipinski definition) is 0. The number of alkyl halides is 3. The molecular weight excluding hydrogens is 217 g/mol. The molecule has 90 valence electrons. The first-order valence-corrected chi connectivity index (χ1v) is 5.26. The standard InChI is InChI=1S/C12H15F3O/c1-2-8-16-11(9-12(13,14)15)10-6-4-3-5-7-10/h3-7,11H,2,8-9H2,1H3/t11-/m1/s1. The van der Waals surface area contributed by atoms with E-state index in [4.69, 9.17) is 4.74 Å². The molecule has 0 saturated heterocycles. The molecular formula is C12H15F3O. The van der Waals surface area contributed by atoms with Gasteiger partial charge < -0.3 is 4.74 Å². The third kappa shape index (κ3) is 4.66. The molecule has 1 atom stereocenters. The zero-order chi connectivity index (χ0) is 12.0. The monoisotopic (exact) mass is 232 g/mol. The molecule has 1 aromatic rings. The van der Waals surface area contributed by atoms with Gasteiger partial charge in [-0.2, -0.15) is 13.2 Å². The van der Waals surface area contributed by atoms with Gasteiger partial charge in [-0.1, -0.05) is 37.3 Å². The summed E-state index contributed by atoms with van der Waals surface area (Å²) in [6.07, 6.45) is -5.31. The van der Waals surface area contributed by atoms with Crippen molar-refractivity contribution < 1.29 is 17.9 Å². The minimum atomic E-state index is -4.20. The Bertz CT molecular complexity index is 295. The summed E-state index contributed by atoms with van der Waals surface area (Å²) >= 11 is 0. The van der Waals surface area contributed by atoms with Crippen LogP contribution in [0.2, 0.25) is 0 Å². The molecule has 0 aliphatic rings. The number of benzene rings is 1. The summed E-state index contributed by atoms with van der Waals surface area (Å²) in [6.45, 7) is 2.21. The first-order valence-electron chi connectivity index (χ1n) is 5.26. The van der Waals surface area contributed by atoms with Gasteiger partial charge in [0.25, 0.3) is 0 Å². The number of rotatable bonds is 5.